The highest BCUT2D eigenvalue weighted by molar-refractivity contribution is 7.91. The monoisotopic (exact) mass is 408 g/mol. The summed E-state index contributed by atoms with van der Waals surface area (Å²) in [5, 5.41) is 1.77. The molecule has 0 unspecified atom stereocenters. The Bertz CT molecular complexity index is 849. The summed E-state index contributed by atoms with van der Waals surface area (Å²) in [5.41, 5.74) is 0. The van der Waals surface area contributed by atoms with Crippen molar-refractivity contribution >= 4 is 27.3 Å². The number of carbonyl (C=O) groups excluding carboxylic acids is 1. The van der Waals surface area contributed by atoms with Crippen molar-refractivity contribution in [2.24, 2.45) is 5.92 Å². The summed E-state index contributed by atoms with van der Waals surface area (Å²) in [6.45, 7) is 2.36. The molecular formula is C18H24N4O3S2. The first-order valence-electron chi connectivity index (χ1n) is 9.35. The van der Waals surface area contributed by atoms with Gasteiger partial charge >= 0.3 is 0 Å². The lowest BCUT2D eigenvalue weighted by Gasteiger charge is -2.37. The number of carbonyl (C=O) groups is 1. The minimum atomic E-state index is -3.41. The predicted octanol–water partition coefficient (Wildman–Crippen LogP) is 2.21. The van der Waals surface area contributed by atoms with E-state index in [4.69, 9.17) is 0 Å². The molecule has 0 bridgehead atoms. The van der Waals surface area contributed by atoms with Gasteiger partial charge in [-0.05, 0) is 37.1 Å². The Morgan fingerprint density at radius 1 is 1.11 bits per heavy atom. The van der Waals surface area contributed by atoms with Crippen LogP contribution in [0.4, 0.5) is 0 Å². The molecule has 0 radical (unpaired) electrons. The highest BCUT2D eigenvalue weighted by Crippen LogP contribution is 2.29. The van der Waals surface area contributed by atoms with Gasteiger partial charge in [-0.25, -0.2) is 13.4 Å². The molecule has 146 valence electrons. The summed E-state index contributed by atoms with van der Waals surface area (Å²) in [6.07, 6.45) is 8.69. The molecule has 2 aliphatic heterocycles. The zero-order chi connectivity index (χ0) is 18.9. The Morgan fingerprint density at radius 2 is 1.85 bits per heavy atom. The fourth-order valence-corrected chi connectivity index (χ4v) is 6.62. The number of piperidine rings is 2. The summed E-state index contributed by atoms with van der Waals surface area (Å²) in [7, 11) is -3.41. The smallest absolute Gasteiger partial charge is 0.252 e. The van der Waals surface area contributed by atoms with Gasteiger partial charge in [-0.2, -0.15) is 4.31 Å². The lowest BCUT2D eigenvalue weighted by molar-refractivity contribution is -0.138. The van der Waals surface area contributed by atoms with Gasteiger partial charge in [0.1, 0.15) is 4.21 Å². The number of imidazole rings is 1. The van der Waals surface area contributed by atoms with Crippen LogP contribution < -0.4 is 0 Å². The first kappa shape index (κ1) is 18.6. The average molecular weight is 409 g/mol. The standard InChI is InChI=1S/C18H24N4O3S2/c23-18(20-8-5-16(6-9-20)21-12-7-19-14-21)15-3-10-22(11-4-15)27(24,25)17-2-1-13-26-17/h1-2,7,12-16H,3-6,8-11H2. The molecule has 0 aliphatic carbocycles. The molecule has 2 aromatic rings. The third-order valence-corrected chi connectivity index (χ3v) is 8.89. The van der Waals surface area contributed by atoms with Gasteiger partial charge in [-0.15, -0.1) is 11.3 Å². The number of sulfonamides is 1. The maximum Gasteiger partial charge on any atom is 0.252 e. The van der Waals surface area contributed by atoms with Gasteiger partial charge in [0, 0.05) is 50.5 Å². The maximum absolute atomic E-state index is 12.9. The Kier molecular flexibility index (Phi) is 5.34. The second-order valence-corrected chi connectivity index (χ2v) is 10.3. The zero-order valence-electron chi connectivity index (χ0n) is 15.1. The molecule has 2 aliphatic rings. The Morgan fingerprint density at radius 3 is 2.44 bits per heavy atom. The number of aromatic nitrogens is 2. The molecular weight excluding hydrogens is 384 g/mol. The molecule has 4 rings (SSSR count). The van der Waals surface area contributed by atoms with Crippen molar-refractivity contribution in [2.75, 3.05) is 26.2 Å². The number of amides is 1. The normalized spacial score (nSPS) is 20.8. The first-order valence-corrected chi connectivity index (χ1v) is 11.7. The summed E-state index contributed by atoms with van der Waals surface area (Å²) in [5.74, 6) is 0.122. The van der Waals surface area contributed by atoms with E-state index in [1.165, 1.54) is 15.6 Å². The topological polar surface area (TPSA) is 75.5 Å². The fraction of sp³-hybridized carbons (Fsp3) is 0.556. The van der Waals surface area contributed by atoms with Crippen LogP contribution >= 0.6 is 11.3 Å². The highest BCUT2D eigenvalue weighted by Gasteiger charge is 2.35. The molecule has 9 heteroatoms. The van der Waals surface area contributed by atoms with Gasteiger partial charge in [-0.1, -0.05) is 6.07 Å². The maximum atomic E-state index is 12.9. The van der Waals surface area contributed by atoms with Crippen LogP contribution in [0.2, 0.25) is 0 Å². The second-order valence-electron chi connectivity index (χ2n) is 7.18. The predicted molar refractivity (Wildman–Crippen MR) is 103 cm³/mol. The van der Waals surface area contributed by atoms with Crippen molar-refractivity contribution in [2.45, 2.75) is 35.9 Å². The van der Waals surface area contributed by atoms with E-state index in [2.05, 4.69) is 9.55 Å². The van der Waals surface area contributed by atoms with Crippen LogP contribution in [0.15, 0.2) is 40.4 Å². The van der Waals surface area contributed by atoms with Gasteiger partial charge < -0.3 is 9.47 Å². The first-order chi connectivity index (χ1) is 13.1. The van der Waals surface area contributed by atoms with Crippen LogP contribution in [0, 0.1) is 5.92 Å². The molecule has 0 saturated carbocycles. The van der Waals surface area contributed by atoms with E-state index < -0.39 is 10.0 Å². The van der Waals surface area contributed by atoms with Crippen LogP contribution in [0.3, 0.4) is 0 Å². The summed E-state index contributed by atoms with van der Waals surface area (Å²) < 4.78 is 29.2. The quantitative estimate of drug-likeness (QED) is 0.777. The summed E-state index contributed by atoms with van der Waals surface area (Å²) in [6, 6.07) is 3.80. The van der Waals surface area contributed by atoms with E-state index in [-0.39, 0.29) is 11.8 Å². The number of nitrogens with zero attached hydrogens (tertiary/aromatic N) is 4. The van der Waals surface area contributed by atoms with Crippen molar-refractivity contribution in [1.29, 1.82) is 0 Å². The van der Waals surface area contributed by atoms with Crippen molar-refractivity contribution < 1.29 is 13.2 Å². The van der Waals surface area contributed by atoms with Crippen molar-refractivity contribution in [3.8, 4) is 0 Å². The third-order valence-electron chi connectivity index (χ3n) is 5.62. The zero-order valence-corrected chi connectivity index (χ0v) is 16.7. The van der Waals surface area contributed by atoms with Gasteiger partial charge in [-0.3, -0.25) is 4.79 Å². The van der Waals surface area contributed by atoms with Crippen molar-refractivity contribution in [1.82, 2.24) is 18.8 Å². The van der Waals surface area contributed by atoms with Crippen LogP contribution in [0.25, 0.3) is 0 Å². The summed E-state index contributed by atoms with van der Waals surface area (Å²) >= 11 is 1.24. The number of thiophene rings is 1. The third kappa shape index (κ3) is 3.81. The Labute approximate surface area is 163 Å². The minimum absolute atomic E-state index is 0.0652. The SMILES string of the molecule is O=C(C1CCN(S(=O)(=O)c2cccs2)CC1)N1CCC(n2ccnc2)CC1. The van der Waals surface area contributed by atoms with Gasteiger partial charge in [0.2, 0.25) is 5.91 Å². The van der Waals surface area contributed by atoms with E-state index in [0.717, 1.165) is 25.9 Å². The largest absolute Gasteiger partial charge is 0.342 e. The van der Waals surface area contributed by atoms with Crippen LogP contribution in [-0.4, -0.2) is 59.3 Å². The Hall–Kier alpha value is -1.71. The van der Waals surface area contributed by atoms with Crippen molar-refractivity contribution in [3.05, 3.63) is 36.2 Å². The molecule has 1 amide bonds. The van der Waals surface area contributed by atoms with E-state index in [9.17, 15) is 13.2 Å². The fourth-order valence-electron chi connectivity index (χ4n) is 4.01. The van der Waals surface area contributed by atoms with E-state index in [1.54, 1.807) is 23.7 Å². The molecule has 0 spiro atoms. The van der Waals surface area contributed by atoms with Gasteiger partial charge in [0.05, 0.1) is 6.33 Å². The Balaban J connectivity index is 1.30. The number of likely N-dealkylation sites (tertiary alicyclic amines) is 1. The minimum Gasteiger partial charge on any atom is -0.342 e. The number of hydrogen-bond acceptors (Lipinski definition) is 5. The molecule has 27 heavy (non-hydrogen) atoms. The molecule has 2 fully saturated rings. The number of hydrogen-bond donors (Lipinski definition) is 0. The second kappa shape index (κ2) is 7.73. The summed E-state index contributed by atoms with van der Waals surface area (Å²) in [4.78, 5) is 18.9. The van der Waals surface area contributed by atoms with Gasteiger partial charge in [0.25, 0.3) is 10.0 Å². The van der Waals surface area contributed by atoms with E-state index in [0.29, 0.717) is 36.2 Å². The van der Waals surface area contributed by atoms with Gasteiger partial charge in [0.15, 0.2) is 0 Å². The molecule has 0 aromatic carbocycles. The molecule has 0 N–H and O–H groups in total. The van der Waals surface area contributed by atoms with Crippen molar-refractivity contribution in [3.63, 3.8) is 0 Å². The highest BCUT2D eigenvalue weighted by atomic mass is 32.2. The van der Waals surface area contributed by atoms with Crippen LogP contribution in [0.1, 0.15) is 31.7 Å². The average Bonchev–Trinajstić information content (AvgIpc) is 3.42. The van der Waals surface area contributed by atoms with Crippen LogP contribution in [-0.2, 0) is 14.8 Å². The molecule has 0 atom stereocenters. The van der Waals surface area contributed by atoms with E-state index >= 15 is 0 Å². The number of rotatable bonds is 4. The molecule has 7 nitrogen and oxygen atoms in total. The lowest BCUT2D eigenvalue weighted by atomic mass is 9.95. The van der Waals surface area contributed by atoms with E-state index in [1.807, 2.05) is 17.4 Å². The molecule has 4 heterocycles. The molecule has 2 saturated heterocycles. The van der Waals surface area contributed by atoms with Crippen LogP contribution in [0.5, 0.6) is 0 Å². The molecule has 2 aromatic heterocycles. The lowest BCUT2D eigenvalue weighted by Crippen LogP contribution is -2.46.